The number of rotatable bonds is 16. The van der Waals surface area contributed by atoms with Crippen LogP contribution >= 0.6 is 0 Å². The van der Waals surface area contributed by atoms with Crippen LogP contribution in [-0.4, -0.2) is 136 Å². The molecule has 6 aliphatic rings. The van der Waals surface area contributed by atoms with E-state index in [2.05, 4.69) is 75.5 Å². The topological polar surface area (TPSA) is 279 Å². The number of amides is 2. The minimum atomic E-state index is -2.42. The van der Waals surface area contributed by atoms with Gasteiger partial charge in [0.25, 0.3) is 5.79 Å². The number of allylic oxidation sites excluding steroid dienone is 2. The van der Waals surface area contributed by atoms with Crippen LogP contribution in [0, 0.1) is 50.2 Å². The number of carbonyl (C=O) groups excluding carboxylic acids is 7. The Morgan fingerprint density at radius 1 is 0.829 bits per heavy atom. The van der Waals surface area contributed by atoms with Crippen LogP contribution in [-0.2, 0) is 79.8 Å². The molecule has 1 aromatic rings. The van der Waals surface area contributed by atoms with Crippen LogP contribution in [0.4, 0.5) is 0 Å². The van der Waals surface area contributed by atoms with E-state index >= 15 is 0 Å². The van der Waals surface area contributed by atoms with Crippen LogP contribution in [0.1, 0.15) is 153 Å². The molecule has 2 heterocycles. The fourth-order valence-electron chi connectivity index (χ4n) is 15.5. The van der Waals surface area contributed by atoms with Crippen LogP contribution in [0.25, 0.3) is 0 Å². The fourth-order valence-corrected chi connectivity index (χ4v) is 15.5. The molecule has 4 N–H and O–H groups in total. The molecule has 0 radical (unpaired) electrons. The summed E-state index contributed by atoms with van der Waals surface area (Å²) in [7, 11) is 1.06. The lowest BCUT2D eigenvalue weighted by Gasteiger charge is -2.71. The molecule has 0 bridgehead atoms. The predicted octanol–water partition coefficient (Wildman–Crippen LogP) is 4.57. The molecule has 0 spiro atoms. The Bertz CT molecular complexity index is 2440. The minimum absolute atomic E-state index is 0.00162. The van der Waals surface area contributed by atoms with Gasteiger partial charge in [-0.1, -0.05) is 65.3 Å². The number of ether oxygens (including phenoxy) is 7. The smallest absolute Gasteiger partial charge is 0.366 e. The standard InChI is InChI=1S/C55H83N5O16/c1-30(61)57-44-38(73-32(3)63)25-55(48(69)70-13,76-46(44)45(75-34(5)65)39(74-33(4)64)29-71-31(2)62)72-23-22-60-28-35(58-59-60)27-56-47(68)54-21-20-49(6,7)24-37(54)36-14-15-41-51(10)18-17-42(66)50(8,9)40(51)16-19-52(41,11)53(36,12)26-43(54)67/h14,28,37-46,66-67H,15-27,29H2,1-13H3,(H,56,68)(H,57,61)/t37-,38+,39-,40+,41-,42+,43-,44-,45-,46-,51+,52-,53-,54-,55-/m1/s1. The van der Waals surface area contributed by atoms with Gasteiger partial charge in [0.15, 0.2) is 12.2 Å². The quantitative estimate of drug-likeness (QED) is 0.100. The van der Waals surface area contributed by atoms with E-state index in [1.165, 1.54) is 17.2 Å². The lowest BCUT2D eigenvalue weighted by atomic mass is 9.33. The van der Waals surface area contributed by atoms with Gasteiger partial charge < -0.3 is 54.0 Å². The van der Waals surface area contributed by atoms with Crippen LogP contribution in [0.15, 0.2) is 17.8 Å². The van der Waals surface area contributed by atoms with Crippen LogP contribution in [0.2, 0.25) is 0 Å². The van der Waals surface area contributed by atoms with Gasteiger partial charge in [-0.25, -0.2) is 9.48 Å². The van der Waals surface area contributed by atoms with Crippen molar-refractivity contribution >= 4 is 41.7 Å². The molecule has 424 valence electrons. The van der Waals surface area contributed by atoms with Gasteiger partial charge >= 0.3 is 29.8 Å². The Balaban J connectivity index is 1.10. The van der Waals surface area contributed by atoms with Crippen molar-refractivity contribution in [1.82, 2.24) is 25.6 Å². The summed E-state index contributed by atoms with van der Waals surface area (Å²) in [6.45, 7) is 20.7. The zero-order chi connectivity index (χ0) is 56.1. The molecule has 1 aromatic heterocycles. The summed E-state index contributed by atoms with van der Waals surface area (Å²) in [5.41, 5.74) is -0.0566. The number of esters is 5. The largest absolute Gasteiger partial charge is 0.465 e. The second-order valence-corrected chi connectivity index (χ2v) is 24.8. The Morgan fingerprint density at radius 2 is 1.53 bits per heavy atom. The first-order chi connectivity index (χ1) is 35.4. The second kappa shape index (κ2) is 21.7. The molecular weight excluding hydrogens is 987 g/mol. The highest BCUT2D eigenvalue weighted by molar-refractivity contribution is 5.85. The molecule has 2 amide bonds. The zero-order valence-electron chi connectivity index (χ0n) is 46.8. The number of aliphatic hydroxyl groups excluding tert-OH is 2. The molecule has 7 rings (SSSR count). The van der Waals surface area contributed by atoms with Crippen molar-refractivity contribution in [1.29, 1.82) is 0 Å². The second-order valence-electron chi connectivity index (χ2n) is 24.8. The first-order valence-electron chi connectivity index (χ1n) is 27.0. The molecular formula is C55H83N5O16. The molecule has 4 saturated carbocycles. The maximum atomic E-state index is 15.0. The van der Waals surface area contributed by atoms with Crippen LogP contribution < -0.4 is 10.6 Å². The van der Waals surface area contributed by atoms with Crippen molar-refractivity contribution in [2.24, 2.45) is 50.2 Å². The summed E-state index contributed by atoms with van der Waals surface area (Å²) in [5, 5.41) is 38.2. The molecule has 15 atom stereocenters. The van der Waals surface area contributed by atoms with Gasteiger partial charge in [-0.05, 0) is 103 Å². The van der Waals surface area contributed by atoms with Crippen molar-refractivity contribution in [3.63, 3.8) is 0 Å². The number of carbonyl (C=O) groups is 7. The number of nitrogens with one attached hydrogen (secondary N) is 2. The van der Waals surface area contributed by atoms with E-state index in [0.29, 0.717) is 30.4 Å². The van der Waals surface area contributed by atoms with E-state index in [9.17, 15) is 43.8 Å². The Labute approximate surface area is 445 Å². The van der Waals surface area contributed by atoms with E-state index in [1.807, 2.05) is 0 Å². The summed E-state index contributed by atoms with van der Waals surface area (Å²) in [6, 6.07) is -1.37. The first-order valence-corrected chi connectivity index (χ1v) is 27.0. The normalized spacial score (nSPS) is 36.9. The van der Waals surface area contributed by atoms with Crippen molar-refractivity contribution in [3.05, 3.63) is 23.5 Å². The first kappa shape index (κ1) is 58.7. The van der Waals surface area contributed by atoms with Gasteiger partial charge in [-0.2, -0.15) is 0 Å². The summed E-state index contributed by atoms with van der Waals surface area (Å²) < 4.78 is 41.0. The fraction of sp³-hybridized carbons (Fsp3) is 0.800. The van der Waals surface area contributed by atoms with E-state index in [1.54, 1.807) is 6.20 Å². The average Bonchev–Trinajstić information content (AvgIpc) is 3.87. The van der Waals surface area contributed by atoms with Gasteiger partial charge in [0, 0.05) is 34.6 Å². The third-order valence-corrected chi connectivity index (χ3v) is 19.3. The third kappa shape index (κ3) is 10.8. The number of hydrogen-bond acceptors (Lipinski definition) is 18. The Hall–Kier alpha value is -4.99. The van der Waals surface area contributed by atoms with Crippen molar-refractivity contribution < 1.29 is 76.9 Å². The highest BCUT2D eigenvalue weighted by Gasteiger charge is 2.71. The van der Waals surface area contributed by atoms with Gasteiger partial charge in [-0.3, -0.25) is 28.8 Å². The molecule has 21 heteroatoms. The van der Waals surface area contributed by atoms with Gasteiger partial charge in [0.05, 0.1) is 63.1 Å². The molecule has 0 unspecified atom stereocenters. The molecule has 5 fully saturated rings. The molecule has 76 heavy (non-hydrogen) atoms. The summed E-state index contributed by atoms with van der Waals surface area (Å²) >= 11 is 0. The van der Waals surface area contributed by atoms with E-state index in [0.717, 1.165) is 79.8 Å². The zero-order valence-corrected chi connectivity index (χ0v) is 46.8. The SMILES string of the molecule is COC(=O)[C@@]1(OCCn2cc(CNC(=O)[C@]34CCC(C)(C)C[C@@H]3C3=CC[C@@H]5[C@@]6(C)CC[C@H](O)C(C)(C)[C@@H]6CC[C@@]5(C)[C@]3(C)C[C@H]4O)nn2)C[C@H](OC(C)=O)[C@@H](NC(C)=O)[C@H]([C@H](OC(C)=O)[C@@H](COC(C)=O)OC(C)=O)O1. The van der Waals surface area contributed by atoms with E-state index in [4.69, 9.17) is 33.2 Å². The predicted molar refractivity (Wildman–Crippen MR) is 269 cm³/mol. The Morgan fingerprint density at radius 3 is 2.16 bits per heavy atom. The van der Waals surface area contributed by atoms with Gasteiger partial charge in [0.2, 0.25) is 11.8 Å². The highest BCUT2D eigenvalue weighted by atomic mass is 16.7. The molecule has 1 saturated heterocycles. The number of nitrogens with zero attached hydrogens (tertiary/aromatic N) is 3. The molecule has 21 nitrogen and oxygen atoms in total. The van der Waals surface area contributed by atoms with Crippen LogP contribution in [0.3, 0.4) is 0 Å². The number of aromatic nitrogens is 3. The molecule has 5 aliphatic carbocycles. The monoisotopic (exact) mass is 1070 g/mol. The lowest BCUT2D eigenvalue weighted by molar-refractivity contribution is -0.314. The van der Waals surface area contributed by atoms with E-state index in [-0.39, 0.29) is 64.7 Å². The molecule has 0 aromatic carbocycles. The van der Waals surface area contributed by atoms with E-state index < -0.39 is 96.5 Å². The van der Waals surface area contributed by atoms with Crippen LogP contribution in [0.5, 0.6) is 0 Å². The third-order valence-electron chi connectivity index (χ3n) is 19.3. The molecule has 1 aliphatic heterocycles. The Kier molecular flexibility index (Phi) is 16.7. The summed E-state index contributed by atoms with van der Waals surface area (Å²) in [6.07, 6.45) is 3.06. The summed E-state index contributed by atoms with van der Waals surface area (Å²) in [5.74, 6) is -7.22. The van der Waals surface area contributed by atoms with Crippen molar-refractivity contribution in [3.8, 4) is 0 Å². The lowest BCUT2D eigenvalue weighted by Crippen LogP contribution is -2.69. The maximum Gasteiger partial charge on any atom is 0.366 e. The van der Waals surface area contributed by atoms with Crippen molar-refractivity contribution in [2.45, 2.75) is 209 Å². The average molecular weight is 1070 g/mol. The van der Waals surface area contributed by atoms with Crippen molar-refractivity contribution in [2.75, 3.05) is 20.3 Å². The maximum absolute atomic E-state index is 15.0. The number of fused-ring (bicyclic) bond motifs is 7. The van der Waals surface area contributed by atoms with Gasteiger partial charge in [0.1, 0.15) is 24.5 Å². The number of methoxy groups -OCH3 is 1. The minimum Gasteiger partial charge on any atom is -0.465 e. The highest BCUT2D eigenvalue weighted by Crippen LogP contribution is 2.75. The number of hydrogen-bond donors (Lipinski definition) is 4. The summed E-state index contributed by atoms with van der Waals surface area (Å²) in [4.78, 5) is 91.1. The number of aliphatic hydroxyl groups is 2. The van der Waals surface area contributed by atoms with Gasteiger partial charge in [-0.15, -0.1) is 5.10 Å².